The minimum absolute atomic E-state index is 0.0114. The first-order chi connectivity index (χ1) is 8.06. The predicted octanol–water partition coefficient (Wildman–Crippen LogP) is 1.10. The van der Waals surface area contributed by atoms with E-state index in [4.69, 9.17) is 5.73 Å². The van der Waals surface area contributed by atoms with Gasteiger partial charge >= 0.3 is 0 Å². The molecule has 1 saturated heterocycles. The molecule has 0 bridgehead atoms. The van der Waals surface area contributed by atoms with E-state index in [0.717, 1.165) is 25.9 Å². The first-order valence-electron chi connectivity index (χ1n) is 6.82. The number of likely N-dealkylation sites (tertiary alicyclic amines) is 1. The molecule has 0 radical (unpaired) electrons. The Morgan fingerprint density at radius 2 is 2.18 bits per heavy atom. The van der Waals surface area contributed by atoms with Crippen molar-refractivity contribution in [2.75, 3.05) is 13.1 Å². The average Bonchev–Trinajstić information content (AvgIpc) is 2.72. The van der Waals surface area contributed by atoms with Crippen LogP contribution in [0.15, 0.2) is 0 Å². The van der Waals surface area contributed by atoms with Crippen LogP contribution in [-0.4, -0.2) is 42.0 Å². The molecular weight excluding hydrogens is 214 g/mol. The number of nitrogens with one attached hydrogen (secondary N) is 1. The maximum absolute atomic E-state index is 12.0. The van der Waals surface area contributed by atoms with Crippen LogP contribution in [0.3, 0.4) is 0 Å². The van der Waals surface area contributed by atoms with Crippen LogP contribution in [0.4, 0.5) is 0 Å². The minimum atomic E-state index is -0.0114. The van der Waals surface area contributed by atoms with E-state index in [1.807, 2.05) is 20.8 Å². The fraction of sp³-hybridized carbons (Fsp3) is 0.923. The number of carbonyl (C=O) groups excluding carboxylic acids is 1. The molecule has 4 nitrogen and oxygen atoms in total. The smallest absolute Gasteiger partial charge is 0.237 e. The predicted molar refractivity (Wildman–Crippen MR) is 70.8 cm³/mol. The summed E-state index contributed by atoms with van der Waals surface area (Å²) in [5.74, 6) is 0.152. The number of hydrogen-bond donors (Lipinski definition) is 2. The topological polar surface area (TPSA) is 58.4 Å². The fourth-order valence-electron chi connectivity index (χ4n) is 2.59. The number of hydrogen-bond acceptors (Lipinski definition) is 3. The van der Waals surface area contributed by atoms with Gasteiger partial charge < -0.3 is 11.1 Å². The SMILES string of the molecule is CC(C)NC(=O)C(C)N1CCCC1CCCN. The lowest BCUT2D eigenvalue weighted by molar-refractivity contribution is -0.126. The molecule has 1 amide bonds. The molecule has 1 aliphatic rings. The van der Waals surface area contributed by atoms with E-state index in [1.54, 1.807) is 0 Å². The van der Waals surface area contributed by atoms with Crippen LogP contribution in [0.25, 0.3) is 0 Å². The molecule has 1 fully saturated rings. The van der Waals surface area contributed by atoms with Crippen LogP contribution < -0.4 is 11.1 Å². The first kappa shape index (κ1) is 14.5. The summed E-state index contributed by atoms with van der Waals surface area (Å²) < 4.78 is 0. The van der Waals surface area contributed by atoms with Gasteiger partial charge in [0.05, 0.1) is 6.04 Å². The third-order valence-electron chi connectivity index (χ3n) is 3.47. The average molecular weight is 241 g/mol. The van der Waals surface area contributed by atoms with Gasteiger partial charge in [-0.1, -0.05) is 0 Å². The van der Waals surface area contributed by atoms with Crippen LogP contribution in [0, 0.1) is 0 Å². The largest absolute Gasteiger partial charge is 0.353 e. The van der Waals surface area contributed by atoms with Crippen LogP contribution >= 0.6 is 0 Å². The first-order valence-corrected chi connectivity index (χ1v) is 6.82. The van der Waals surface area contributed by atoms with Gasteiger partial charge in [0.1, 0.15) is 0 Å². The Morgan fingerprint density at radius 1 is 1.47 bits per heavy atom. The number of nitrogens with zero attached hydrogens (tertiary/aromatic N) is 1. The quantitative estimate of drug-likeness (QED) is 0.732. The summed E-state index contributed by atoms with van der Waals surface area (Å²) in [6.45, 7) is 7.80. The van der Waals surface area contributed by atoms with E-state index >= 15 is 0 Å². The molecule has 0 aliphatic carbocycles. The van der Waals surface area contributed by atoms with Crippen molar-refractivity contribution in [1.29, 1.82) is 0 Å². The van der Waals surface area contributed by atoms with Gasteiger partial charge in [0.25, 0.3) is 0 Å². The van der Waals surface area contributed by atoms with Gasteiger partial charge in [-0.15, -0.1) is 0 Å². The van der Waals surface area contributed by atoms with Gasteiger partial charge in [0.2, 0.25) is 5.91 Å². The van der Waals surface area contributed by atoms with Crippen molar-refractivity contribution in [3.63, 3.8) is 0 Å². The molecule has 0 aromatic rings. The van der Waals surface area contributed by atoms with Crippen LogP contribution in [-0.2, 0) is 4.79 Å². The monoisotopic (exact) mass is 241 g/mol. The molecule has 0 aromatic carbocycles. The molecule has 100 valence electrons. The lowest BCUT2D eigenvalue weighted by atomic mass is 10.1. The highest BCUT2D eigenvalue weighted by Crippen LogP contribution is 2.23. The zero-order valence-corrected chi connectivity index (χ0v) is 11.4. The van der Waals surface area contributed by atoms with Crippen molar-refractivity contribution in [3.8, 4) is 0 Å². The highest BCUT2D eigenvalue weighted by Gasteiger charge is 2.31. The Hall–Kier alpha value is -0.610. The zero-order valence-electron chi connectivity index (χ0n) is 11.4. The summed E-state index contributed by atoms with van der Waals surface area (Å²) in [5.41, 5.74) is 5.56. The maximum atomic E-state index is 12.0. The van der Waals surface area contributed by atoms with E-state index in [-0.39, 0.29) is 18.0 Å². The third-order valence-corrected chi connectivity index (χ3v) is 3.47. The van der Waals surface area contributed by atoms with Gasteiger partial charge in [-0.2, -0.15) is 0 Å². The summed E-state index contributed by atoms with van der Waals surface area (Å²) in [5, 5.41) is 2.99. The molecule has 1 rings (SSSR count). The summed E-state index contributed by atoms with van der Waals surface area (Å²) in [6.07, 6.45) is 4.59. The molecule has 2 atom stereocenters. The van der Waals surface area contributed by atoms with Gasteiger partial charge in [-0.25, -0.2) is 0 Å². The van der Waals surface area contributed by atoms with Gasteiger partial charge in [0, 0.05) is 12.1 Å². The lowest BCUT2D eigenvalue weighted by Gasteiger charge is -2.30. The van der Waals surface area contributed by atoms with Crippen molar-refractivity contribution < 1.29 is 4.79 Å². The highest BCUT2D eigenvalue weighted by atomic mass is 16.2. The van der Waals surface area contributed by atoms with Crippen molar-refractivity contribution >= 4 is 5.91 Å². The zero-order chi connectivity index (χ0) is 12.8. The summed E-state index contributed by atoms with van der Waals surface area (Å²) >= 11 is 0. The second-order valence-electron chi connectivity index (χ2n) is 5.30. The van der Waals surface area contributed by atoms with Gasteiger partial charge in [0.15, 0.2) is 0 Å². The minimum Gasteiger partial charge on any atom is -0.353 e. The number of amides is 1. The van der Waals surface area contributed by atoms with E-state index < -0.39 is 0 Å². The summed E-state index contributed by atoms with van der Waals surface area (Å²) in [7, 11) is 0. The Balaban J connectivity index is 2.48. The molecule has 17 heavy (non-hydrogen) atoms. The third kappa shape index (κ3) is 4.28. The highest BCUT2D eigenvalue weighted by molar-refractivity contribution is 5.81. The molecular formula is C13H27N3O. The number of nitrogens with two attached hydrogens (primary N) is 1. The molecule has 1 heterocycles. The maximum Gasteiger partial charge on any atom is 0.237 e. The molecule has 3 N–H and O–H groups in total. The number of carbonyl (C=O) groups is 1. The molecule has 4 heteroatoms. The fourth-order valence-corrected chi connectivity index (χ4v) is 2.59. The Labute approximate surface area is 105 Å². The Morgan fingerprint density at radius 3 is 2.76 bits per heavy atom. The standard InChI is InChI=1S/C13H27N3O/c1-10(2)15-13(17)11(3)16-9-5-7-12(16)6-4-8-14/h10-12H,4-9,14H2,1-3H3,(H,15,17). The second kappa shape index (κ2) is 6.97. The molecule has 2 unspecified atom stereocenters. The summed E-state index contributed by atoms with van der Waals surface area (Å²) in [6, 6.07) is 0.754. The summed E-state index contributed by atoms with van der Waals surface area (Å²) in [4.78, 5) is 14.3. The lowest BCUT2D eigenvalue weighted by Crippen LogP contribution is -2.48. The van der Waals surface area contributed by atoms with Gasteiger partial charge in [-0.05, 0) is 59.5 Å². The van der Waals surface area contributed by atoms with Crippen molar-refractivity contribution in [3.05, 3.63) is 0 Å². The van der Waals surface area contributed by atoms with E-state index in [9.17, 15) is 4.79 Å². The second-order valence-corrected chi connectivity index (χ2v) is 5.30. The van der Waals surface area contributed by atoms with Crippen LogP contribution in [0.2, 0.25) is 0 Å². The molecule has 1 aliphatic heterocycles. The van der Waals surface area contributed by atoms with Crippen LogP contribution in [0.1, 0.15) is 46.5 Å². The van der Waals surface area contributed by atoms with E-state index in [0.29, 0.717) is 6.04 Å². The van der Waals surface area contributed by atoms with Gasteiger partial charge in [-0.3, -0.25) is 9.69 Å². The molecule has 0 aromatic heterocycles. The van der Waals surface area contributed by atoms with Crippen molar-refractivity contribution in [2.45, 2.75) is 64.6 Å². The molecule has 0 saturated carbocycles. The van der Waals surface area contributed by atoms with Crippen LogP contribution in [0.5, 0.6) is 0 Å². The van der Waals surface area contributed by atoms with Crippen molar-refractivity contribution in [1.82, 2.24) is 10.2 Å². The normalized spacial score (nSPS) is 23.0. The molecule has 0 spiro atoms. The Bertz CT molecular complexity index is 243. The number of rotatable bonds is 6. The van der Waals surface area contributed by atoms with E-state index in [2.05, 4.69) is 10.2 Å². The van der Waals surface area contributed by atoms with Crippen molar-refractivity contribution in [2.24, 2.45) is 5.73 Å². The van der Waals surface area contributed by atoms with E-state index in [1.165, 1.54) is 12.8 Å². The Kier molecular flexibility index (Phi) is 5.92.